The van der Waals surface area contributed by atoms with E-state index >= 15 is 0 Å². The first-order chi connectivity index (χ1) is 13.3. The van der Waals surface area contributed by atoms with Crippen molar-refractivity contribution in [2.75, 3.05) is 6.61 Å². The van der Waals surface area contributed by atoms with Crippen LogP contribution in [0.1, 0.15) is 47.7 Å². The molecule has 0 radical (unpaired) electrons. The predicted molar refractivity (Wildman–Crippen MR) is 110 cm³/mol. The summed E-state index contributed by atoms with van der Waals surface area (Å²) in [4.78, 5) is 0. The Kier molecular flexibility index (Phi) is 4.31. The van der Waals surface area contributed by atoms with Crippen LogP contribution in [0.15, 0.2) is 72.8 Å². The molecule has 1 aliphatic heterocycles. The van der Waals surface area contributed by atoms with Crippen LogP contribution in [0.2, 0.25) is 0 Å². The van der Waals surface area contributed by atoms with E-state index in [1.165, 1.54) is 33.4 Å². The molecule has 0 saturated carbocycles. The Morgan fingerprint density at radius 1 is 0.926 bits per heavy atom. The van der Waals surface area contributed by atoms with E-state index in [2.05, 4.69) is 85.0 Å². The first-order valence-electron chi connectivity index (χ1n) is 9.97. The van der Waals surface area contributed by atoms with Crippen molar-refractivity contribution in [3.63, 3.8) is 0 Å². The van der Waals surface area contributed by atoms with Crippen molar-refractivity contribution in [3.8, 4) is 11.1 Å². The van der Waals surface area contributed by atoms with E-state index < -0.39 is 0 Å². The van der Waals surface area contributed by atoms with E-state index in [1.54, 1.807) is 0 Å². The topological polar surface area (TPSA) is 21.3 Å². The van der Waals surface area contributed by atoms with Gasteiger partial charge in [-0.1, -0.05) is 79.7 Å². The summed E-state index contributed by atoms with van der Waals surface area (Å²) in [5.74, 6) is 0.481. The van der Waals surface area contributed by atoms with Crippen LogP contribution >= 0.6 is 0 Å². The summed E-state index contributed by atoms with van der Waals surface area (Å²) < 4.78 is 6.18. The molecule has 2 heteroatoms. The molecule has 5 rings (SSSR count). The van der Waals surface area contributed by atoms with E-state index in [4.69, 9.17) is 4.74 Å². The van der Waals surface area contributed by atoms with Gasteiger partial charge in [-0.25, -0.2) is 0 Å². The van der Waals surface area contributed by atoms with E-state index in [0.717, 1.165) is 19.4 Å². The molecule has 3 atom stereocenters. The minimum absolute atomic E-state index is 0.0122. The molecule has 1 saturated heterocycles. The van der Waals surface area contributed by atoms with Gasteiger partial charge in [0.15, 0.2) is 0 Å². The van der Waals surface area contributed by atoms with Crippen LogP contribution in [-0.2, 0) is 11.2 Å². The number of fused-ring (bicyclic) bond motifs is 3. The molecular formula is C25H25NO. The summed E-state index contributed by atoms with van der Waals surface area (Å²) in [5.41, 5.74) is 8.24. The Balaban J connectivity index is 1.36. The largest absolute Gasteiger partial charge is 0.357 e. The number of hydrogen-bond acceptors (Lipinski definition) is 2. The van der Waals surface area contributed by atoms with E-state index in [-0.39, 0.29) is 6.23 Å². The monoisotopic (exact) mass is 355 g/mol. The molecule has 136 valence electrons. The fourth-order valence-electron chi connectivity index (χ4n) is 4.70. The summed E-state index contributed by atoms with van der Waals surface area (Å²) in [5, 5.41) is 3.75. The average Bonchev–Trinajstić information content (AvgIpc) is 3.34. The molecule has 0 spiro atoms. The van der Waals surface area contributed by atoms with Crippen LogP contribution < -0.4 is 5.32 Å². The normalized spacial score (nSPS) is 21.7. The van der Waals surface area contributed by atoms with Gasteiger partial charge >= 0.3 is 0 Å². The zero-order valence-electron chi connectivity index (χ0n) is 15.7. The van der Waals surface area contributed by atoms with Crippen LogP contribution in [0, 0.1) is 0 Å². The summed E-state index contributed by atoms with van der Waals surface area (Å²) in [6, 6.07) is 26.7. The van der Waals surface area contributed by atoms with E-state index in [1.807, 2.05) is 0 Å². The van der Waals surface area contributed by atoms with E-state index in [9.17, 15) is 0 Å². The van der Waals surface area contributed by atoms with Gasteiger partial charge in [-0.05, 0) is 46.2 Å². The third kappa shape index (κ3) is 2.99. The minimum Gasteiger partial charge on any atom is -0.357 e. The molecule has 27 heavy (non-hydrogen) atoms. The summed E-state index contributed by atoms with van der Waals surface area (Å²) >= 11 is 0. The minimum atomic E-state index is -0.0122. The van der Waals surface area contributed by atoms with Gasteiger partial charge in [0.1, 0.15) is 6.23 Å². The first kappa shape index (κ1) is 16.7. The second-order valence-electron chi connectivity index (χ2n) is 7.66. The van der Waals surface area contributed by atoms with Crippen LogP contribution in [0.4, 0.5) is 0 Å². The quantitative estimate of drug-likeness (QED) is 0.526. The lowest BCUT2D eigenvalue weighted by Gasteiger charge is -2.22. The fourth-order valence-corrected chi connectivity index (χ4v) is 4.70. The summed E-state index contributed by atoms with van der Waals surface area (Å²) in [6.07, 6.45) is 2.12. The average molecular weight is 355 g/mol. The maximum atomic E-state index is 6.18. The maximum absolute atomic E-state index is 6.18. The smallest absolute Gasteiger partial charge is 0.134 e. The third-order valence-corrected chi connectivity index (χ3v) is 6.08. The number of rotatable bonds is 4. The summed E-state index contributed by atoms with van der Waals surface area (Å²) in [7, 11) is 0. The van der Waals surface area contributed by atoms with Crippen molar-refractivity contribution in [1.82, 2.24) is 5.32 Å². The lowest BCUT2D eigenvalue weighted by Crippen LogP contribution is -2.32. The van der Waals surface area contributed by atoms with Gasteiger partial charge in [-0.3, -0.25) is 5.32 Å². The lowest BCUT2D eigenvalue weighted by molar-refractivity contribution is 0.100. The Morgan fingerprint density at radius 3 is 2.56 bits per heavy atom. The zero-order chi connectivity index (χ0) is 18.2. The molecule has 2 nitrogen and oxygen atoms in total. The second kappa shape index (κ2) is 6.95. The Labute approximate surface area is 161 Å². The van der Waals surface area contributed by atoms with Crippen molar-refractivity contribution in [2.45, 2.75) is 38.0 Å². The maximum Gasteiger partial charge on any atom is 0.134 e. The molecule has 0 bridgehead atoms. The highest BCUT2D eigenvalue weighted by molar-refractivity contribution is 5.76. The van der Waals surface area contributed by atoms with Gasteiger partial charge in [0, 0.05) is 12.0 Å². The molecule has 0 aromatic heterocycles. The highest BCUT2D eigenvalue weighted by Crippen LogP contribution is 2.38. The van der Waals surface area contributed by atoms with E-state index in [0.29, 0.717) is 12.0 Å². The number of hydrogen-bond donors (Lipinski definition) is 1. The highest BCUT2D eigenvalue weighted by atomic mass is 16.5. The van der Waals surface area contributed by atoms with Crippen molar-refractivity contribution in [3.05, 3.63) is 95.1 Å². The zero-order valence-corrected chi connectivity index (χ0v) is 15.7. The van der Waals surface area contributed by atoms with Crippen molar-refractivity contribution in [2.24, 2.45) is 0 Å². The Morgan fingerprint density at radius 2 is 1.70 bits per heavy atom. The first-order valence-corrected chi connectivity index (χ1v) is 9.97. The van der Waals surface area contributed by atoms with Gasteiger partial charge < -0.3 is 4.74 Å². The highest BCUT2D eigenvalue weighted by Gasteiger charge is 2.32. The Hall–Kier alpha value is -2.42. The molecule has 3 aromatic carbocycles. The number of ether oxygens (including phenoxy) is 1. The standard InChI is InChI=1S/C25H25NO/c1-2-21(17-8-4-3-5-9-17)24-16-27-25(26-24)19-12-13-23-20(15-19)14-18-10-6-7-11-22(18)23/h3-13,15,21,24-26H,2,14,16H2,1H3/t21-,24+,25-/m0/s1. The molecule has 1 fully saturated rings. The number of benzene rings is 3. The van der Waals surface area contributed by atoms with Crippen LogP contribution in [0.3, 0.4) is 0 Å². The van der Waals surface area contributed by atoms with Crippen molar-refractivity contribution >= 4 is 0 Å². The predicted octanol–water partition coefficient (Wildman–Crippen LogP) is 5.44. The lowest BCUT2D eigenvalue weighted by atomic mass is 9.90. The van der Waals surface area contributed by atoms with Gasteiger partial charge in [-0.15, -0.1) is 0 Å². The molecule has 3 aromatic rings. The van der Waals surface area contributed by atoms with Crippen LogP contribution in [-0.4, -0.2) is 12.6 Å². The molecule has 1 heterocycles. The van der Waals surface area contributed by atoms with Crippen molar-refractivity contribution in [1.29, 1.82) is 0 Å². The summed E-state index contributed by atoms with van der Waals surface area (Å²) in [6.45, 7) is 3.02. The molecular weight excluding hydrogens is 330 g/mol. The number of nitrogens with one attached hydrogen (secondary N) is 1. The molecule has 0 amide bonds. The molecule has 1 aliphatic carbocycles. The van der Waals surface area contributed by atoms with Crippen LogP contribution in [0.25, 0.3) is 11.1 Å². The Bertz CT molecular complexity index is 950. The van der Waals surface area contributed by atoms with Crippen LogP contribution in [0.5, 0.6) is 0 Å². The molecule has 1 N–H and O–H groups in total. The molecule has 2 aliphatic rings. The molecule has 0 unspecified atom stereocenters. The second-order valence-corrected chi connectivity index (χ2v) is 7.66. The third-order valence-electron chi connectivity index (χ3n) is 6.08. The SMILES string of the molecule is CC[C@@H](c1ccccc1)[C@H]1CO[C@@H](c2ccc3c(c2)Cc2ccccc2-3)N1. The van der Waals surface area contributed by atoms with Gasteiger partial charge in [0.2, 0.25) is 0 Å². The van der Waals surface area contributed by atoms with Crippen molar-refractivity contribution < 1.29 is 4.74 Å². The van der Waals surface area contributed by atoms with Gasteiger partial charge in [0.05, 0.1) is 6.61 Å². The van der Waals surface area contributed by atoms with Gasteiger partial charge in [0.25, 0.3) is 0 Å². The fraction of sp³-hybridized carbons (Fsp3) is 0.280. The van der Waals surface area contributed by atoms with Gasteiger partial charge in [-0.2, -0.15) is 0 Å².